The zero-order valence-corrected chi connectivity index (χ0v) is 25.0. The second-order valence-corrected chi connectivity index (χ2v) is 13.0. The highest BCUT2D eigenvalue weighted by Crippen LogP contribution is 2.48. The first-order valence-electron chi connectivity index (χ1n) is 13.8. The van der Waals surface area contributed by atoms with Crippen LogP contribution in [0.5, 0.6) is 0 Å². The highest BCUT2D eigenvalue weighted by molar-refractivity contribution is 7.23. The number of thiophene rings is 1. The van der Waals surface area contributed by atoms with E-state index in [0.717, 1.165) is 37.4 Å². The molecular weight excluding hydrogens is 603 g/mol. The summed E-state index contributed by atoms with van der Waals surface area (Å²) in [6.45, 7) is 5.90. The van der Waals surface area contributed by atoms with Gasteiger partial charge in [-0.2, -0.15) is 18.4 Å². The summed E-state index contributed by atoms with van der Waals surface area (Å²) in [4.78, 5) is 24.9. The van der Waals surface area contributed by atoms with Crippen molar-refractivity contribution in [1.29, 1.82) is 5.26 Å². The molecule has 44 heavy (non-hydrogen) atoms. The van der Waals surface area contributed by atoms with Crippen molar-refractivity contribution in [3.05, 3.63) is 47.3 Å². The third-order valence-electron chi connectivity index (χ3n) is 8.09. The third kappa shape index (κ3) is 5.07. The lowest BCUT2D eigenvalue weighted by Gasteiger charge is -2.39. The van der Waals surface area contributed by atoms with Gasteiger partial charge in [0.15, 0.2) is 5.82 Å². The lowest BCUT2D eigenvalue weighted by Crippen LogP contribution is -2.52. The fourth-order valence-corrected chi connectivity index (χ4v) is 7.21. The highest BCUT2D eigenvalue weighted by Gasteiger charge is 2.41. The Labute approximate surface area is 253 Å². The molecule has 2 atom stereocenters. The summed E-state index contributed by atoms with van der Waals surface area (Å²) in [5.41, 5.74) is -4.12. The van der Waals surface area contributed by atoms with Gasteiger partial charge in [-0.05, 0) is 58.4 Å². The minimum absolute atomic E-state index is 0.0958. The van der Waals surface area contributed by atoms with Gasteiger partial charge in [0, 0.05) is 41.5 Å². The van der Waals surface area contributed by atoms with Gasteiger partial charge in [0.2, 0.25) is 0 Å². The minimum atomic E-state index is -5.04. The number of nitrogens with zero attached hydrogens (tertiary/aromatic N) is 5. The molecule has 4 heterocycles. The van der Waals surface area contributed by atoms with E-state index in [1.165, 1.54) is 0 Å². The lowest BCUT2D eigenvalue weighted by atomic mass is 9.92. The number of ether oxygens (including phenoxy) is 1. The molecule has 0 saturated carbocycles. The van der Waals surface area contributed by atoms with Gasteiger partial charge in [0.25, 0.3) is 0 Å². The molecule has 8 nitrogen and oxygen atoms in total. The fourth-order valence-electron chi connectivity index (χ4n) is 6.14. The van der Waals surface area contributed by atoms with Crippen molar-refractivity contribution in [2.45, 2.75) is 57.5 Å². The first kappa shape index (κ1) is 30.0. The summed E-state index contributed by atoms with van der Waals surface area (Å²) >= 11 is 0.639. The number of halogens is 5. The summed E-state index contributed by atoms with van der Waals surface area (Å²) in [6.07, 6.45) is -2.98. The number of carbonyl (C=O) groups is 1. The molecule has 2 aromatic carbocycles. The molecule has 0 spiro atoms. The molecular formula is C30H27F5N6O2S. The van der Waals surface area contributed by atoms with E-state index in [1.54, 1.807) is 20.8 Å². The summed E-state index contributed by atoms with van der Waals surface area (Å²) in [5.74, 6) is -1.93. The molecule has 2 saturated heterocycles. The van der Waals surface area contributed by atoms with Crippen LogP contribution in [-0.2, 0) is 10.9 Å². The van der Waals surface area contributed by atoms with E-state index in [0.29, 0.717) is 24.4 Å². The SMILES string of the molecule is CN1C2CCC1CN(c1ncnc3c(F)c(-c4ccc(F)c5sc(NC(=O)OC(C)(C)C)c(C#N)c45)c(C(F)(F)F)cc13)C2. The van der Waals surface area contributed by atoms with Gasteiger partial charge < -0.3 is 9.64 Å². The molecule has 1 amide bonds. The van der Waals surface area contributed by atoms with Crippen LogP contribution in [0.3, 0.4) is 0 Å². The number of nitrogens with one attached hydrogen (secondary N) is 1. The number of nitriles is 1. The fraction of sp³-hybridized carbons (Fsp3) is 0.400. The van der Waals surface area contributed by atoms with Crippen molar-refractivity contribution in [3.8, 4) is 17.2 Å². The maximum Gasteiger partial charge on any atom is 0.417 e. The van der Waals surface area contributed by atoms with Crippen molar-refractivity contribution in [1.82, 2.24) is 14.9 Å². The van der Waals surface area contributed by atoms with Gasteiger partial charge in [-0.25, -0.2) is 23.5 Å². The van der Waals surface area contributed by atoms with Gasteiger partial charge >= 0.3 is 12.3 Å². The van der Waals surface area contributed by atoms with Crippen molar-refractivity contribution < 1.29 is 31.5 Å². The van der Waals surface area contributed by atoms with Crippen LogP contribution in [0.2, 0.25) is 0 Å². The number of benzene rings is 2. The summed E-state index contributed by atoms with van der Waals surface area (Å²) < 4.78 is 80.9. The minimum Gasteiger partial charge on any atom is -0.444 e. The number of alkyl halides is 3. The van der Waals surface area contributed by atoms with Crippen LogP contribution in [0.15, 0.2) is 24.5 Å². The Kier molecular flexibility index (Phi) is 7.16. The lowest BCUT2D eigenvalue weighted by molar-refractivity contribution is -0.137. The Morgan fingerprint density at radius 3 is 2.43 bits per heavy atom. The van der Waals surface area contributed by atoms with Crippen LogP contribution in [0.4, 0.5) is 37.6 Å². The number of piperazine rings is 1. The molecule has 2 bridgehead atoms. The van der Waals surface area contributed by atoms with Gasteiger partial charge in [-0.15, -0.1) is 11.3 Å². The van der Waals surface area contributed by atoms with E-state index in [1.807, 2.05) is 18.0 Å². The van der Waals surface area contributed by atoms with Crippen molar-refractivity contribution in [3.63, 3.8) is 0 Å². The number of fused-ring (bicyclic) bond motifs is 4. The molecule has 6 rings (SSSR count). The van der Waals surface area contributed by atoms with Crippen LogP contribution in [0, 0.1) is 23.0 Å². The third-order valence-corrected chi connectivity index (χ3v) is 9.20. The molecule has 0 aliphatic carbocycles. The number of likely N-dealkylation sites (N-methyl/N-ethyl adjacent to an activating group) is 1. The van der Waals surface area contributed by atoms with E-state index in [9.17, 15) is 23.2 Å². The first-order valence-corrected chi connectivity index (χ1v) is 14.7. The standard InChI is InChI=1S/C30H27F5N6O2S/c1-29(2,3)43-28(42)39-27-18(10-36)21-16(7-8-20(31)25(21)44-27)22-19(30(33,34)35)9-17-24(23(22)32)37-13-38-26(17)41-11-14-5-6-15(12-41)40(14)4/h7-9,13-15H,5-6,11-12H2,1-4H3,(H,39,42). The molecule has 230 valence electrons. The average Bonchev–Trinajstić information content (AvgIpc) is 3.37. The maximum atomic E-state index is 16.5. The second-order valence-electron chi connectivity index (χ2n) is 12.0. The first-order chi connectivity index (χ1) is 20.7. The molecule has 2 aromatic heterocycles. The molecule has 0 radical (unpaired) electrons. The smallest absolute Gasteiger partial charge is 0.417 e. The van der Waals surface area contributed by atoms with Gasteiger partial charge in [-0.3, -0.25) is 10.2 Å². The highest BCUT2D eigenvalue weighted by atomic mass is 32.1. The van der Waals surface area contributed by atoms with E-state index < -0.39 is 40.6 Å². The largest absolute Gasteiger partial charge is 0.444 e. The van der Waals surface area contributed by atoms with Crippen LogP contribution in [0.25, 0.3) is 32.1 Å². The predicted molar refractivity (Wildman–Crippen MR) is 157 cm³/mol. The summed E-state index contributed by atoms with van der Waals surface area (Å²) in [6, 6.07) is 4.98. The topological polar surface area (TPSA) is 94.4 Å². The molecule has 2 fully saturated rings. The van der Waals surface area contributed by atoms with Gasteiger partial charge in [0.05, 0.1) is 15.8 Å². The number of amides is 1. The van der Waals surface area contributed by atoms with Crippen molar-refractivity contribution in [2.75, 3.05) is 30.4 Å². The molecule has 2 aliphatic rings. The zero-order valence-electron chi connectivity index (χ0n) is 24.1. The van der Waals surface area contributed by atoms with E-state index in [2.05, 4.69) is 20.2 Å². The Hall–Kier alpha value is -4.09. The number of carbonyl (C=O) groups excluding carboxylic acids is 1. The normalized spacial score (nSPS) is 19.0. The van der Waals surface area contributed by atoms with Gasteiger partial charge in [0.1, 0.15) is 40.2 Å². The maximum absolute atomic E-state index is 16.5. The van der Waals surface area contributed by atoms with E-state index in [4.69, 9.17) is 4.74 Å². The number of rotatable bonds is 3. The number of anilines is 2. The monoisotopic (exact) mass is 630 g/mol. The quantitative estimate of drug-likeness (QED) is 0.237. The van der Waals surface area contributed by atoms with Crippen LogP contribution >= 0.6 is 11.3 Å². The molecule has 1 N–H and O–H groups in total. The summed E-state index contributed by atoms with van der Waals surface area (Å²) in [7, 11) is 2.02. The van der Waals surface area contributed by atoms with Gasteiger partial charge in [-0.1, -0.05) is 6.07 Å². The Bertz CT molecular complexity index is 1850. The summed E-state index contributed by atoms with van der Waals surface area (Å²) in [5, 5.41) is 11.9. The zero-order chi connectivity index (χ0) is 31.7. The van der Waals surface area contributed by atoms with Crippen LogP contribution in [-0.4, -0.2) is 58.8 Å². The van der Waals surface area contributed by atoms with E-state index in [-0.39, 0.29) is 55.0 Å². The average molecular weight is 631 g/mol. The van der Waals surface area contributed by atoms with Crippen LogP contribution < -0.4 is 10.2 Å². The second kappa shape index (κ2) is 10.5. The molecule has 2 unspecified atom stereocenters. The Morgan fingerprint density at radius 2 is 1.82 bits per heavy atom. The van der Waals surface area contributed by atoms with Crippen molar-refractivity contribution in [2.24, 2.45) is 0 Å². The molecule has 4 aromatic rings. The van der Waals surface area contributed by atoms with Crippen molar-refractivity contribution >= 4 is 49.2 Å². The predicted octanol–water partition coefficient (Wildman–Crippen LogP) is 7.31. The van der Waals surface area contributed by atoms with E-state index >= 15 is 8.78 Å². The van der Waals surface area contributed by atoms with Crippen LogP contribution in [0.1, 0.15) is 44.7 Å². The Balaban J connectivity index is 1.56. The number of hydrogen-bond acceptors (Lipinski definition) is 8. The number of aromatic nitrogens is 2. The number of hydrogen-bond donors (Lipinski definition) is 1. The Morgan fingerprint density at radius 1 is 1.14 bits per heavy atom. The molecule has 2 aliphatic heterocycles. The molecule has 14 heteroatoms.